The van der Waals surface area contributed by atoms with Gasteiger partial charge in [-0.3, -0.25) is 0 Å². The molecule has 1 aromatic carbocycles. The molecule has 1 aliphatic rings. The first-order chi connectivity index (χ1) is 17.0. The summed E-state index contributed by atoms with van der Waals surface area (Å²) in [6.45, 7) is 46.0. The van der Waals surface area contributed by atoms with Crippen LogP contribution in [0, 0.1) is 5.41 Å². The van der Waals surface area contributed by atoms with Crippen LogP contribution in [0.4, 0.5) is 5.69 Å². The van der Waals surface area contributed by atoms with Crippen LogP contribution in [0.15, 0.2) is 18.2 Å². The van der Waals surface area contributed by atoms with Crippen LogP contribution < -0.4 is 0 Å². The van der Waals surface area contributed by atoms with Crippen molar-refractivity contribution in [2.75, 3.05) is 0 Å². The smallest absolute Gasteiger partial charge is 0.668 e. The minimum Gasteiger partial charge on any atom is -0.668 e. The number of benzene rings is 1. The maximum Gasteiger partial charge on any atom is 2.00 e. The van der Waals surface area contributed by atoms with Crippen molar-refractivity contribution >= 4 is 67.9 Å². The molecule has 3 nitrogen and oxygen atoms in total. The van der Waals surface area contributed by atoms with E-state index < -0.39 is 32.9 Å². The molecule has 0 spiro atoms. The average Bonchev–Trinajstić information content (AvgIpc) is 2.82. The Morgan fingerprint density at radius 3 is 1.12 bits per heavy atom. The van der Waals surface area contributed by atoms with E-state index in [0.717, 1.165) is 6.42 Å². The van der Waals surface area contributed by atoms with Crippen LogP contribution in [0.1, 0.15) is 84.8 Å². The summed E-state index contributed by atoms with van der Waals surface area (Å²) >= 11 is 0. The van der Waals surface area contributed by atoms with Gasteiger partial charge in [0, 0.05) is 12.6 Å². The van der Waals surface area contributed by atoms with Crippen LogP contribution in [-0.4, -0.2) is 72.3 Å². The molecule has 1 aliphatic heterocycles. The molecule has 0 N–H and O–H groups in total. The van der Waals surface area contributed by atoms with E-state index in [2.05, 4.69) is 163 Å². The fourth-order valence-electron chi connectivity index (χ4n) is 5.80. The van der Waals surface area contributed by atoms with Gasteiger partial charge in [-0.25, -0.2) is 0 Å². The van der Waals surface area contributed by atoms with Crippen LogP contribution in [0.2, 0.25) is 78.6 Å². The zero-order valence-electron chi connectivity index (χ0n) is 30.6. The summed E-state index contributed by atoms with van der Waals surface area (Å²) in [5.41, 5.74) is 4.55. The molecule has 0 saturated carbocycles. The van der Waals surface area contributed by atoms with Gasteiger partial charge in [-0.15, -0.1) is 0 Å². The number of nitrogens with zero attached hydrogens (tertiary/aromatic N) is 3. The van der Waals surface area contributed by atoms with Gasteiger partial charge in [-0.1, -0.05) is 182 Å². The molecule has 1 heterocycles. The summed E-state index contributed by atoms with van der Waals surface area (Å²) in [6.07, 6.45) is 4.90. The molecule has 228 valence electrons. The maximum absolute atomic E-state index is 4.82. The van der Waals surface area contributed by atoms with Gasteiger partial charge in [0.25, 0.3) is 0 Å². The summed E-state index contributed by atoms with van der Waals surface area (Å²) in [5, 5.41) is 0. The second-order valence-electron chi connectivity index (χ2n) is 17.3. The Hall–Kier alpha value is 0.444. The van der Waals surface area contributed by atoms with Crippen molar-refractivity contribution in [1.29, 1.82) is 0 Å². The molecule has 0 fully saturated rings. The molecule has 0 saturated heterocycles. The van der Waals surface area contributed by atoms with Gasteiger partial charge in [0.05, 0.1) is 5.69 Å². The second-order valence-corrected chi connectivity index (χ2v) is 36.5. The Morgan fingerprint density at radius 2 is 0.950 bits per heavy atom. The van der Waals surface area contributed by atoms with Crippen molar-refractivity contribution in [3.05, 3.63) is 38.6 Å². The standard InChI is InChI=1S/C20H31N.2C6H18NSi2.Mg/c1-14(2)16-10-9-11-17(15(3)4)18(16)21-13-19(5,6)12-20(21,7)8;2*1-8(2,3)7-9(4,5)6;/h9-11,14-15H,12H2,1-8H3;2*1-6H3;/q;2*-1;+2. The number of rotatable bonds is 7. The van der Waals surface area contributed by atoms with Gasteiger partial charge in [0.1, 0.15) is 5.54 Å². The minimum absolute atomic E-state index is 0. The molecule has 0 atom stereocenters. The number of hydrogen-bond acceptors (Lipinski definition) is 0. The van der Waals surface area contributed by atoms with E-state index in [1.54, 1.807) is 0 Å². The molecular formula is C32H67MgN3Si4. The van der Waals surface area contributed by atoms with Crippen LogP contribution >= 0.6 is 0 Å². The van der Waals surface area contributed by atoms with Crippen molar-refractivity contribution in [2.24, 2.45) is 5.41 Å². The topological polar surface area (TPSA) is 31.2 Å². The van der Waals surface area contributed by atoms with Gasteiger partial charge in [-0.05, 0) is 31.1 Å². The largest absolute Gasteiger partial charge is 2.00 e. The molecule has 40 heavy (non-hydrogen) atoms. The first-order valence-electron chi connectivity index (χ1n) is 15.2. The zero-order valence-corrected chi connectivity index (χ0v) is 36.1. The Bertz CT molecular complexity index is 867. The molecule has 1 aromatic rings. The summed E-state index contributed by atoms with van der Waals surface area (Å²) in [5.74, 6) is 1.06. The quantitative estimate of drug-likeness (QED) is 0.163. The van der Waals surface area contributed by atoms with Gasteiger partial charge in [-0.2, -0.15) is 0 Å². The van der Waals surface area contributed by atoms with E-state index in [9.17, 15) is 0 Å². The summed E-state index contributed by atoms with van der Waals surface area (Å²) < 4.78 is 12.1. The Balaban J connectivity index is 0. The van der Waals surface area contributed by atoms with Crippen LogP contribution in [0.5, 0.6) is 0 Å². The van der Waals surface area contributed by atoms with Crippen LogP contribution in [0.25, 0.3) is 9.30 Å². The molecule has 0 unspecified atom stereocenters. The van der Waals surface area contributed by atoms with E-state index >= 15 is 0 Å². The van der Waals surface area contributed by atoms with Gasteiger partial charge in [0.2, 0.25) is 0 Å². The normalized spacial score (nSPS) is 16.9. The van der Waals surface area contributed by atoms with Crippen molar-refractivity contribution in [3.63, 3.8) is 0 Å². The van der Waals surface area contributed by atoms with Gasteiger partial charge in [0.15, 0.2) is 0 Å². The molecule has 0 aliphatic carbocycles. The minimum atomic E-state index is -1.11. The monoisotopic (exact) mass is 629 g/mol. The van der Waals surface area contributed by atoms with Gasteiger partial charge >= 0.3 is 23.1 Å². The SMILES string of the molecule is CC(C)c1cccc(C(C)C)c1[N+]1=[C-]C(C)(C)CC1(C)C.C[Si](C)(C)[N-][Si](C)(C)C.C[Si](C)(C)[N-][Si](C)(C)C.[Mg+2]. The third kappa shape index (κ3) is 17.5. The van der Waals surface area contributed by atoms with Crippen molar-refractivity contribution in [2.45, 2.75) is 158 Å². The van der Waals surface area contributed by atoms with E-state index in [0.29, 0.717) is 11.8 Å². The predicted octanol–water partition coefficient (Wildman–Crippen LogP) is 11.4. The Kier molecular flexibility index (Phi) is 16.4. The fourth-order valence-corrected chi connectivity index (χ4v) is 21.9. The molecule has 0 amide bonds. The molecule has 0 radical (unpaired) electrons. The molecule has 2 rings (SSSR count). The Labute approximate surface area is 272 Å². The molecular weight excluding hydrogens is 563 g/mol. The van der Waals surface area contributed by atoms with E-state index in [1.165, 1.54) is 16.8 Å². The first-order valence-corrected chi connectivity index (χ1v) is 28.9. The number of hydrogen-bond donors (Lipinski definition) is 0. The van der Waals surface area contributed by atoms with Crippen LogP contribution in [-0.2, 0) is 0 Å². The zero-order chi connectivity index (χ0) is 31.4. The maximum atomic E-state index is 4.82. The van der Waals surface area contributed by atoms with Crippen molar-refractivity contribution in [1.82, 2.24) is 0 Å². The van der Waals surface area contributed by atoms with Crippen molar-refractivity contribution < 1.29 is 4.58 Å². The third-order valence-corrected chi connectivity index (χ3v) is 16.5. The van der Waals surface area contributed by atoms with Crippen LogP contribution in [0.3, 0.4) is 0 Å². The fraction of sp³-hybridized carbons (Fsp3) is 0.781. The first kappa shape index (κ1) is 42.6. The summed E-state index contributed by atoms with van der Waals surface area (Å²) in [6, 6.07) is 6.78. The Morgan fingerprint density at radius 1 is 0.650 bits per heavy atom. The molecule has 0 bridgehead atoms. The van der Waals surface area contributed by atoms with Crippen molar-refractivity contribution in [3.8, 4) is 0 Å². The number of para-hydroxylation sites is 1. The van der Waals surface area contributed by atoms with E-state index in [1.807, 2.05) is 0 Å². The van der Waals surface area contributed by atoms with E-state index in [4.69, 9.17) is 9.30 Å². The summed E-state index contributed by atoms with van der Waals surface area (Å²) in [7, 11) is -4.42. The average molecular weight is 631 g/mol. The third-order valence-electron chi connectivity index (χ3n) is 5.80. The summed E-state index contributed by atoms with van der Waals surface area (Å²) in [4.78, 5) is 0. The second kappa shape index (κ2) is 15.4. The molecule has 0 aromatic heterocycles. The van der Waals surface area contributed by atoms with E-state index in [-0.39, 0.29) is 34.0 Å². The predicted molar refractivity (Wildman–Crippen MR) is 198 cm³/mol. The van der Waals surface area contributed by atoms with Gasteiger partial charge < -0.3 is 13.9 Å². The molecule has 8 heteroatoms.